The third-order valence-electron chi connectivity index (χ3n) is 3.92. The predicted molar refractivity (Wildman–Crippen MR) is 77.3 cm³/mol. The maximum Gasteiger partial charge on any atom is 0.145 e. The molecular weight excluding hydrogens is 290 g/mol. The molecule has 3 heteroatoms. The van der Waals surface area contributed by atoms with Crippen LogP contribution in [0.15, 0.2) is 36.5 Å². The zero-order valence-electron chi connectivity index (χ0n) is 10.6. The molecule has 2 atom stereocenters. The van der Waals surface area contributed by atoms with Crippen molar-refractivity contribution in [1.29, 1.82) is 0 Å². The number of fused-ring (bicyclic) bond motifs is 1. The second kappa shape index (κ2) is 4.23. The van der Waals surface area contributed by atoms with Gasteiger partial charge in [-0.3, -0.25) is 4.98 Å². The fraction of sp³-hybridized carbons (Fsp3) is 0.400. The lowest BCUT2D eigenvalue weighted by atomic mass is 9.69. The van der Waals surface area contributed by atoms with Crippen LogP contribution in [0.3, 0.4) is 0 Å². The van der Waals surface area contributed by atoms with Crippen LogP contribution < -0.4 is 4.74 Å². The largest absolute Gasteiger partial charge is 0.488 e. The number of hydrogen-bond donors (Lipinski definition) is 0. The van der Waals surface area contributed by atoms with Crippen molar-refractivity contribution in [3.63, 3.8) is 0 Å². The van der Waals surface area contributed by atoms with Gasteiger partial charge in [0.15, 0.2) is 0 Å². The van der Waals surface area contributed by atoms with Gasteiger partial charge in [0.25, 0.3) is 0 Å². The molecule has 0 radical (unpaired) electrons. The third-order valence-corrected chi connectivity index (χ3v) is 5.48. The van der Waals surface area contributed by atoms with Gasteiger partial charge in [0, 0.05) is 21.8 Å². The molecule has 0 aliphatic heterocycles. The summed E-state index contributed by atoms with van der Waals surface area (Å²) >= 11 is 3.69. The minimum absolute atomic E-state index is 0.178. The lowest BCUT2D eigenvalue weighted by molar-refractivity contribution is -0.00687. The van der Waals surface area contributed by atoms with E-state index in [0.717, 1.165) is 23.1 Å². The van der Waals surface area contributed by atoms with E-state index in [0.29, 0.717) is 4.83 Å². The van der Waals surface area contributed by atoms with Crippen LogP contribution in [0.4, 0.5) is 0 Å². The first-order valence-corrected chi connectivity index (χ1v) is 7.15. The van der Waals surface area contributed by atoms with Gasteiger partial charge in [-0.1, -0.05) is 48.0 Å². The summed E-state index contributed by atoms with van der Waals surface area (Å²) in [7, 11) is 0. The van der Waals surface area contributed by atoms with Crippen LogP contribution in [0.25, 0.3) is 10.9 Å². The summed E-state index contributed by atoms with van der Waals surface area (Å²) in [6, 6.07) is 10.1. The number of alkyl halides is 1. The molecule has 94 valence electrons. The Morgan fingerprint density at radius 2 is 2.06 bits per heavy atom. The minimum Gasteiger partial charge on any atom is -0.488 e. The molecule has 1 fully saturated rings. The van der Waals surface area contributed by atoms with Crippen molar-refractivity contribution in [2.45, 2.75) is 31.2 Å². The number of benzene rings is 1. The number of halogens is 1. The van der Waals surface area contributed by atoms with E-state index in [1.54, 1.807) is 0 Å². The molecule has 0 amide bonds. The topological polar surface area (TPSA) is 22.1 Å². The lowest BCUT2D eigenvalue weighted by Gasteiger charge is -2.48. The standard InChI is InChI=1S/C15H16BrNO/c1-15(2)12(16)9-13(15)18-11-7-3-5-10-6-4-8-17-14(10)11/h3-8,12-13H,9H2,1-2H3. The Hall–Kier alpha value is -1.09. The van der Waals surface area contributed by atoms with Gasteiger partial charge in [0.1, 0.15) is 17.4 Å². The van der Waals surface area contributed by atoms with E-state index in [-0.39, 0.29) is 11.5 Å². The summed E-state index contributed by atoms with van der Waals surface area (Å²) < 4.78 is 6.16. The van der Waals surface area contributed by atoms with Crippen molar-refractivity contribution in [3.8, 4) is 5.75 Å². The average molecular weight is 306 g/mol. The van der Waals surface area contributed by atoms with Gasteiger partial charge in [-0.05, 0) is 18.6 Å². The van der Waals surface area contributed by atoms with E-state index in [9.17, 15) is 0 Å². The Labute approximate surface area is 115 Å². The van der Waals surface area contributed by atoms with Gasteiger partial charge < -0.3 is 4.74 Å². The van der Waals surface area contributed by atoms with Gasteiger partial charge >= 0.3 is 0 Å². The van der Waals surface area contributed by atoms with E-state index in [2.05, 4.69) is 46.9 Å². The number of para-hydroxylation sites is 1. The number of rotatable bonds is 2. The van der Waals surface area contributed by atoms with Crippen molar-refractivity contribution in [3.05, 3.63) is 36.5 Å². The van der Waals surface area contributed by atoms with E-state index >= 15 is 0 Å². The van der Waals surface area contributed by atoms with Crippen molar-refractivity contribution >= 4 is 26.8 Å². The second-order valence-corrected chi connectivity index (χ2v) is 6.57. The van der Waals surface area contributed by atoms with Crippen LogP contribution in [0.1, 0.15) is 20.3 Å². The van der Waals surface area contributed by atoms with Crippen molar-refractivity contribution in [2.75, 3.05) is 0 Å². The van der Waals surface area contributed by atoms with Crippen LogP contribution >= 0.6 is 15.9 Å². The highest BCUT2D eigenvalue weighted by Crippen LogP contribution is 2.47. The van der Waals surface area contributed by atoms with Crippen LogP contribution in [0.5, 0.6) is 5.75 Å². The smallest absolute Gasteiger partial charge is 0.145 e. The van der Waals surface area contributed by atoms with E-state index in [1.165, 1.54) is 0 Å². The summed E-state index contributed by atoms with van der Waals surface area (Å²) in [4.78, 5) is 4.96. The summed E-state index contributed by atoms with van der Waals surface area (Å²) in [5.74, 6) is 0.894. The maximum atomic E-state index is 6.16. The fourth-order valence-electron chi connectivity index (χ4n) is 2.36. The molecule has 0 bridgehead atoms. The van der Waals surface area contributed by atoms with Gasteiger partial charge in [-0.2, -0.15) is 0 Å². The Kier molecular flexibility index (Phi) is 2.81. The molecular formula is C15H16BrNO. The Morgan fingerprint density at radius 3 is 2.78 bits per heavy atom. The Bertz CT molecular complexity index is 576. The highest BCUT2D eigenvalue weighted by molar-refractivity contribution is 9.09. The van der Waals surface area contributed by atoms with Crippen LogP contribution in [-0.4, -0.2) is 15.9 Å². The zero-order chi connectivity index (χ0) is 12.8. The summed E-state index contributed by atoms with van der Waals surface area (Å²) in [6.07, 6.45) is 3.12. The first-order chi connectivity index (χ1) is 8.59. The quantitative estimate of drug-likeness (QED) is 0.777. The molecule has 2 nitrogen and oxygen atoms in total. The highest BCUT2D eigenvalue weighted by Gasteiger charge is 2.48. The molecule has 1 aliphatic rings. The van der Waals surface area contributed by atoms with Crippen LogP contribution in [0.2, 0.25) is 0 Å². The maximum absolute atomic E-state index is 6.16. The third kappa shape index (κ3) is 1.81. The molecule has 3 rings (SSSR count). The van der Waals surface area contributed by atoms with Gasteiger partial charge in [-0.15, -0.1) is 0 Å². The SMILES string of the molecule is CC1(C)C(Br)CC1Oc1cccc2cccnc12. The minimum atomic E-state index is 0.178. The fourth-order valence-corrected chi connectivity index (χ4v) is 3.00. The van der Waals surface area contributed by atoms with Crippen LogP contribution in [-0.2, 0) is 0 Å². The molecule has 1 saturated carbocycles. The van der Waals surface area contributed by atoms with E-state index in [1.807, 2.05) is 24.4 Å². The normalized spacial score (nSPS) is 25.7. The van der Waals surface area contributed by atoms with E-state index < -0.39 is 0 Å². The number of hydrogen-bond acceptors (Lipinski definition) is 2. The van der Waals surface area contributed by atoms with Crippen LogP contribution in [0, 0.1) is 5.41 Å². The molecule has 0 N–H and O–H groups in total. The summed E-state index contributed by atoms with van der Waals surface area (Å²) in [5.41, 5.74) is 1.13. The van der Waals surface area contributed by atoms with Crippen molar-refractivity contribution in [2.24, 2.45) is 5.41 Å². The van der Waals surface area contributed by atoms with Gasteiger partial charge in [-0.25, -0.2) is 0 Å². The molecule has 2 aromatic rings. The number of pyridine rings is 1. The molecule has 1 aromatic heterocycles. The van der Waals surface area contributed by atoms with Crippen molar-refractivity contribution in [1.82, 2.24) is 4.98 Å². The van der Waals surface area contributed by atoms with Gasteiger partial charge in [0.2, 0.25) is 0 Å². The summed E-state index contributed by atoms with van der Waals surface area (Å²) in [5, 5.41) is 1.13. The predicted octanol–water partition coefficient (Wildman–Crippen LogP) is 4.18. The Balaban J connectivity index is 1.92. The number of aromatic nitrogens is 1. The molecule has 2 unspecified atom stereocenters. The first-order valence-electron chi connectivity index (χ1n) is 6.23. The number of ether oxygens (including phenoxy) is 1. The zero-order valence-corrected chi connectivity index (χ0v) is 12.1. The molecule has 1 heterocycles. The Morgan fingerprint density at radius 1 is 1.28 bits per heavy atom. The number of nitrogens with zero attached hydrogens (tertiary/aromatic N) is 1. The molecule has 1 aliphatic carbocycles. The lowest BCUT2D eigenvalue weighted by Crippen LogP contribution is -2.53. The monoisotopic (exact) mass is 305 g/mol. The molecule has 1 aromatic carbocycles. The molecule has 0 spiro atoms. The molecule has 0 saturated heterocycles. The molecule has 18 heavy (non-hydrogen) atoms. The van der Waals surface area contributed by atoms with Gasteiger partial charge in [0.05, 0.1) is 0 Å². The summed E-state index contributed by atoms with van der Waals surface area (Å²) in [6.45, 7) is 4.47. The van der Waals surface area contributed by atoms with Crippen molar-refractivity contribution < 1.29 is 4.74 Å². The average Bonchev–Trinajstić information content (AvgIpc) is 2.39. The highest BCUT2D eigenvalue weighted by atomic mass is 79.9. The van der Waals surface area contributed by atoms with E-state index in [4.69, 9.17) is 4.74 Å². The second-order valence-electron chi connectivity index (χ2n) is 5.46. The first kappa shape index (κ1) is 12.0.